The molecule has 0 saturated heterocycles. The van der Waals surface area contributed by atoms with Gasteiger partial charge in [0.15, 0.2) is 0 Å². The Kier molecular flexibility index (Phi) is 7.70. The van der Waals surface area contributed by atoms with E-state index >= 15 is 0 Å². The predicted octanol–water partition coefficient (Wildman–Crippen LogP) is 3.45. The van der Waals surface area contributed by atoms with Gasteiger partial charge in [-0.1, -0.05) is 18.9 Å². The van der Waals surface area contributed by atoms with Crippen molar-refractivity contribution >= 4 is 11.9 Å². The van der Waals surface area contributed by atoms with Gasteiger partial charge in [-0.2, -0.15) is 13.2 Å². The van der Waals surface area contributed by atoms with Gasteiger partial charge in [-0.15, -0.1) is 0 Å². The maximum Gasteiger partial charge on any atom is 0.490 e. The average molecular weight is 454 g/mol. The second-order valence-electron chi connectivity index (χ2n) is 7.86. The summed E-state index contributed by atoms with van der Waals surface area (Å²) in [5.74, 6) is -1.31. The van der Waals surface area contributed by atoms with Gasteiger partial charge in [0.2, 0.25) is 11.8 Å². The van der Waals surface area contributed by atoms with Gasteiger partial charge in [-0.05, 0) is 24.8 Å². The zero-order valence-electron chi connectivity index (χ0n) is 17.4. The van der Waals surface area contributed by atoms with Crippen LogP contribution in [0.3, 0.4) is 0 Å². The van der Waals surface area contributed by atoms with E-state index in [0.29, 0.717) is 37.9 Å². The Hall–Kier alpha value is -3.11. The molecule has 32 heavy (non-hydrogen) atoms. The number of alkyl halides is 3. The topological polar surface area (TPSA) is 97.5 Å². The van der Waals surface area contributed by atoms with Crippen LogP contribution in [0.1, 0.15) is 43.8 Å². The first-order valence-corrected chi connectivity index (χ1v) is 10.4. The Morgan fingerprint density at radius 3 is 2.56 bits per heavy atom. The maximum absolute atomic E-state index is 12.7. The number of rotatable bonds is 5. The predicted molar refractivity (Wildman–Crippen MR) is 107 cm³/mol. The normalized spacial score (nSPS) is 18.5. The highest BCUT2D eigenvalue weighted by atomic mass is 19.4. The van der Waals surface area contributed by atoms with Crippen LogP contribution in [0.2, 0.25) is 0 Å². The van der Waals surface area contributed by atoms with E-state index in [9.17, 15) is 18.0 Å². The summed E-state index contributed by atoms with van der Waals surface area (Å²) in [6.45, 7) is 1.79. The number of pyridine rings is 1. The summed E-state index contributed by atoms with van der Waals surface area (Å²) < 4.78 is 39.7. The molecule has 0 spiro atoms. The summed E-state index contributed by atoms with van der Waals surface area (Å²) >= 11 is 0. The number of aliphatic carboxylic acids is 1. The summed E-state index contributed by atoms with van der Waals surface area (Å²) in [6, 6.07) is 5.69. The molecule has 1 aliphatic carbocycles. The van der Waals surface area contributed by atoms with Crippen LogP contribution in [0, 0.1) is 5.92 Å². The molecule has 3 heterocycles. The molecule has 2 aliphatic rings. The molecule has 1 unspecified atom stereocenters. The number of hydrogen-bond donors (Lipinski definition) is 1. The van der Waals surface area contributed by atoms with Crippen molar-refractivity contribution in [1.29, 1.82) is 0 Å². The van der Waals surface area contributed by atoms with Crippen molar-refractivity contribution in [2.75, 3.05) is 13.2 Å². The fraction of sp³-hybridized carbons (Fsp3) is 0.524. The molecular formula is C21H25F3N4O4. The number of carboxylic acids is 1. The standard InChI is InChI=1S/C19H24N4O2.C2HF3O2/c24-19(9-15-5-1-2-6-15)22-11-16-10-20-14-23(16)17(12-22)13-25-18-7-3-4-8-21-18;3-2(4,5)1(6)7/h3-4,7-8,10,14-15,17H,1-2,5-6,9,11-13H2;(H,6,7). The Morgan fingerprint density at radius 1 is 1.22 bits per heavy atom. The Morgan fingerprint density at radius 2 is 1.94 bits per heavy atom. The molecule has 2 aromatic rings. The quantitative estimate of drug-likeness (QED) is 0.743. The number of nitrogens with zero attached hydrogens (tertiary/aromatic N) is 4. The molecule has 0 aromatic carbocycles. The number of amides is 1. The Labute approximate surface area is 183 Å². The molecule has 1 atom stereocenters. The van der Waals surface area contributed by atoms with Crippen LogP contribution in [0.4, 0.5) is 13.2 Å². The van der Waals surface area contributed by atoms with E-state index in [4.69, 9.17) is 14.6 Å². The number of fused-ring (bicyclic) bond motifs is 1. The summed E-state index contributed by atoms with van der Waals surface area (Å²) in [4.78, 5) is 32.1. The van der Waals surface area contributed by atoms with Crippen LogP contribution >= 0.6 is 0 Å². The monoisotopic (exact) mass is 454 g/mol. The number of halogens is 3. The first-order valence-electron chi connectivity index (χ1n) is 10.4. The fourth-order valence-corrected chi connectivity index (χ4v) is 3.91. The Bertz CT molecular complexity index is 898. The molecule has 0 bridgehead atoms. The molecule has 1 fully saturated rings. The molecule has 1 N–H and O–H groups in total. The molecule has 1 saturated carbocycles. The smallest absolute Gasteiger partial charge is 0.475 e. The van der Waals surface area contributed by atoms with Gasteiger partial charge in [-0.3, -0.25) is 4.79 Å². The van der Waals surface area contributed by atoms with E-state index in [0.717, 1.165) is 5.69 Å². The van der Waals surface area contributed by atoms with Crippen molar-refractivity contribution in [2.45, 2.75) is 50.9 Å². The van der Waals surface area contributed by atoms with Crippen LogP contribution < -0.4 is 4.74 Å². The second kappa shape index (κ2) is 10.5. The summed E-state index contributed by atoms with van der Waals surface area (Å²) in [5.41, 5.74) is 1.07. The minimum atomic E-state index is -5.08. The van der Waals surface area contributed by atoms with Crippen LogP contribution in [-0.2, 0) is 16.1 Å². The molecule has 0 radical (unpaired) electrons. The number of aromatic nitrogens is 3. The third kappa shape index (κ3) is 6.44. The number of carboxylic acid groups (broad SMARTS) is 1. The third-order valence-electron chi connectivity index (χ3n) is 5.52. The molecule has 174 valence electrons. The maximum atomic E-state index is 12.7. The summed E-state index contributed by atoms with van der Waals surface area (Å²) in [7, 11) is 0. The molecule has 1 amide bonds. The zero-order chi connectivity index (χ0) is 23.1. The number of imidazole rings is 1. The van der Waals surface area contributed by atoms with Crippen LogP contribution in [0.5, 0.6) is 5.88 Å². The summed E-state index contributed by atoms with van der Waals surface area (Å²) in [5, 5.41) is 7.12. The average Bonchev–Trinajstić information content (AvgIpc) is 3.44. The molecule has 11 heteroatoms. The van der Waals surface area contributed by atoms with Gasteiger partial charge in [-0.25, -0.2) is 14.8 Å². The number of hydrogen-bond acceptors (Lipinski definition) is 5. The van der Waals surface area contributed by atoms with Crippen molar-refractivity contribution in [2.24, 2.45) is 5.92 Å². The first-order chi connectivity index (χ1) is 15.2. The molecule has 2 aromatic heterocycles. The highest BCUT2D eigenvalue weighted by molar-refractivity contribution is 5.76. The molecule has 4 rings (SSSR count). The SMILES string of the molecule is O=C(CC1CCCC1)N1Cc2cncn2C(COc2ccccn2)C1.O=C(O)C(F)(F)F. The largest absolute Gasteiger partial charge is 0.490 e. The lowest BCUT2D eigenvalue weighted by Gasteiger charge is -2.34. The number of ether oxygens (including phenoxy) is 1. The van der Waals surface area contributed by atoms with E-state index in [-0.39, 0.29) is 11.9 Å². The van der Waals surface area contributed by atoms with E-state index < -0.39 is 12.1 Å². The van der Waals surface area contributed by atoms with E-state index in [1.807, 2.05) is 35.6 Å². The third-order valence-corrected chi connectivity index (χ3v) is 5.52. The molecule has 1 aliphatic heterocycles. The number of carbonyl (C=O) groups is 2. The summed E-state index contributed by atoms with van der Waals surface area (Å²) in [6.07, 6.45) is 5.94. The zero-order valence-corrected chi connectivity index (χ0v) is 17.4. The van der Waals surface area contributed by atoms with Gasteiger partial charge >= 0.3 is 12.1 Å². The Balaban J connectivity index is 0.000000360. The van der Waals surface area contributed by atoms with Crippen LogP contribution in [-0.4, -0.2) is 55.7 Å². The van der Waals surface area contributed by atoms with Crippen molar-refractivity contribution in [3.05, 3.63) is 42.6 Å². The van der Waals surface area contributed by atoms with Gasteiger partial charge in [0.05, 0.1) is 24.6 Å². The lowest BCUT2D eigenvalue weighted by molar-refractivity contribution is -0.192. The van der Waals surface area contributed by atoms with Crippen LogP contribution in [0.25, 0.3) is 0 Å². The first kappa shape index (κ1) is 23.6. The van der Waals surface area contributed by atoms with Gasteiger partial charge in [0, 0.05) is 31.4 Å². The minimum Gasteiger partial charge on any atom is -0.475 e. The van der Waals surface area contributed by atoms with Crippen molar-refractivity contribution in [3.63, 3.8) is 0 Å². The van der Waals surface area contributed by atoms with E-state index in [1.165, 1.54) is 25.7 Å². The van der Waals surface area contributed by atoms with Crippen LogP contribution in [0.15, 0.2) is 36.9 Å². The fourth-order valence-electron chi connectivity index (χ4n) is 3.91. The van der Waals surface area contributed by atoms with E-state index in [2.05, 4.69) is 14.5 Å². The lowest BCUT2D eigenvalue weighted by atomic mass is 10.0. The highest BCUT2D eigenvalue weighted by Gasteiger charge is 2.38. The highest BCUT2D eigenvalue weighted by Crippen LogP contribution is 2.29. The lowest BCUT2D eigenvalue weighted by Crippen LogP contribution is -2.43. The molecular weight excluding hydrogens is 429 g/mol. The van der Waals surface area contributed by atoms with Crippen molar-refractivity contribution in [1.82, 2.24) is 19.4 Å². The number of carbonyl (C=O) groups excluding carboxylic acids is 1. The van der Waals surface area contributed by atoms with Gasteiger partial charge in [0.25, 0.3) is 0 Å². The van der Waals surface area contributed by atoms with Gasteiger partial charge in [0.1, 0.15) is 6.61 Å². The van der Waals surface area contributed by atoms with Gasteiger partial charge < -0.3 is 19.3 Å². The van der Waals surface area contributed by atoms with Crippen molar-refractivity contribution in [3.8, 4) is 5.88 Å². The second-order valence-corrected chi connectivity index (χ2v) is 7.86. The minimum absolute atomic E-state index is 0.0702. The molecule has 8 nitrogen and oxygen atoms in total. The van der Waals surface area contributed by atoms with Crippen molar-refractivity contribution < 1.29 is 32.6 Å². The van der Waals surface area contributed by atoms with E-state index in [1.54, 1.807) is 6.20 Å².